The molecule has 4 nitrogen and oxygen atoms in total. The molecule has 0 aromatic heterocycles. The molecule has 0 bridgehead atoms. The van der Waals surface area contributed by atoms with Gasteiger partial charge in [-0.15, -0.1) is 0 Å². The van der Waals surface area contributed by atoms with E-state index in [0.29, 0.717) is 6.42 Å². The predicted molar refractivity (Wildman–Crippen MR) is 125 cm³/mol. The molecule has 1 atom stereocenters. The summed E-state index contributed by atoms with van der Waals surface area (Å²) < 4.78 is 29.9. The average molecular weight is 435 g/mol. The molecule has 0 heterocycles. The molecular formula is C24H50O4S. The normalized spacial score (nSPS) is 13.1. The summed E-state index contributed by atoms with van der Waals surface area (Å²) in [5.41, 5.74) is 0. The summed E-state index contributed by atoms with van der Waals surface area (Å²) in [5, 5.41) is 9.90. The lowest BCUT2D eigenvalue weighted by atomic mass is 10.0. The smallest absolute Gasteiger partial charge is 0.264 e. The summed E-state index contributed by atoms with van der Waals surface area (Å²) in [6.45, 7) is 2.21. The van der Waals surface area contributed by atoms with Gasteiger partial charge in [-0.1, -0.05) is 122 Å². The maximum absolute atomic E-state index is 10.6. The molecule has 0 radical (unpaired) electrons. The van der Waals surface area contributed by atoms with E-state index in [-0.39, 0.29) is 11.9 Å². The van der Waals surface area contributed by atoms with Crippen molar-refractivity contribution in [2.24, 2.45) is 0 Å². The third kappa shape index (κ3) is 25.8. The molecule has 0 amide bonds. The van der Waals surface area contributed by atoms with Gasteiger partial charge in [-0.2, -0.15) is 8.42 Å². The minimum atomic E-state index is -3.76. The fourth-order valence-corrected chi connectivity index (χ4v) is 4.48. The van der Waals surface area contributed by atoms with Gasteiger partial charge in [0.25, 0.3) is 10.1 Å². The van der Waals surface area contributed by atoms with Crippen LogP contribution in [0.4, 0.5) is 0 Å². The van der Waals surface area contributed by atoms with Crippen molar-refractivity contribution in [3.63, 3.8) is 0 Å². The van der Waals surface area contributed by atoms with Gasteiger partial charge in [-0.05, 0) is 19.3 Å². The molecule has 0 aliphatic rings. The lowest BCUT2D eigenvalue weighted by Crippen LogP contribution is -2.05. The zero-order chi connectivity index (χ0) is 21.6. The number of rotatable bonds is 23. The number of unbranched alkanes of at least 4 members (excludes halogenated alkanes) is 17. The van der Waals surface area contributed by atoms with Crippen molar-refractivity contribution in [3.05, 3.63) is 0 Å². The van der Waals surface area contributed by atoms with Crippen molar-refractivity contribution in [1.29, 1.82) is 0 Å². The second kappa shape index (κ2) is 21.1. The Bertz CT molecular complexity index is 423. The Balaban J connectivity index is 3.12. The van der Waals surface area contributed by atoms with Crippen molar-refractivity contribution in [3.8, 4) is 0 Å². The van der Waals surface area contributed by atoms with Gasteiger partial charge < -0.3 is 5.11 Å². The molecule has 0 saturated heterocycles. The van der Waals surface area contributed by atoms with Gasteiger partial charge >= 0.3 is 0 Å². The molecule has 0 aliphatic carbocycles. The van der Waals surface area contributed by atoms with E-state index in [9.17, 15) is 13.5 Å². The van der Waals surface area contributed by atoms with Crippen molar-refractivity contribution in [1.82, 2.24) is 0 Å². The zero-order valence-electron chi connectivity index (χ0n) is 19.3. The molecule has 0 aromatic rings. The van der Waals surface area contributed by atoms with Crippen LogP contribution in [0.25, 0.3) is 0 Å². The Hall–Kier alpha value is -0.130. The first-order valence-corrected chi connectivity index (χ1v) is 14.2. The number of hydrogen-bond acceptors (Lipinski definition) is 3. The fraction of sp³-hybridized carbons (Fsp3) is 1.00. The molecule has 0 saturated carbocycles. The maximum atomic E-state index is 10.6. The van der Waals surface area contributed by atoms with Crippen LogP contribution in [0.5, 0.6) is 0 Å². The molecule has 0 rings (SSSR count). The Labute approximate surface area is 182 Å². The van der Waals surface area contributed by atoms with Crippen LogP contribution < -0.4 is 0 Å². The first kappa shape index (κ1) is 28.9. The molecule has 0 fully saturated rings. The van der Waals surface area contributed by atoms with Gasteiger partial charge in [0.1, 0.15) is 0 Å². The predicted octanol–water partition coefficient (Wildman–Crippen LogP) is 7.45. The van der Waals surface area contributed by atoms with Gasteiger partial charge in [0.15, 0.2) is 0 Å². The second-order valence-electron chi connectivity index (χ2n) is 8.88. The third-order valence-corrected chi connectivity index (χ3v) is 6.64. The highest BCUT2D eigenvalue weighted by Crippen LogP contribution is 2.15. The van der Waals surface area contributed by atoms with Gasteiger partial charge in [0.2, 0.25) is 0 Å². The molecule has 0 aliphatic heterocycles. The monoisotopic (exact) mass is 434 g/mol. The number of hydrogen-bond donors (Lipinski definition) is 2. The van der Waals surface area contributed by atoms with E-state index < -0.39 is 10.1 Å². The lowest BCUT2D eigenvalue weighted by molar-refractivity contribution is 0.147. The van der Waals surface area contributed by atoms with Crippen molar-refractivity contribution in [2.45, 2.75) is 148 Å². The molecule has 2 N–H and O–H groups in total. The van der Waals surface area contributed by atoms with Crippen LogP contribution in [-0.2, 0) is 10.1 Å². The highest BCUT2D eigenvalue weighted by molar-refractivity contribution is 7.85. The number of aliphatic hydroxyl groups is 1. The maximum Gasteiger partial charge on any atom is 0.264 e. The van der Waals surface area contributed by atoms with Crippen LogP contribution in [0.1, 0.15) is 142 Å². The SMILES string of the molecule is CCCCCC(O)CCCCCCCCCCCCCCCCCCS(=O)(=O)O. The summed E-state index contributed by atoms with van der Waals surface area (Å²) in [4.78, 5) is 0. The summed E-state index contributed by atoms with van der Waals surface area (Å²) in [5.74, 6) is -0.0880. The van der Waals surface area contributed by atoms with Gasteiger partial charge in [0.05, 0.1) is 11.9 Å². The van der Waals surface area contributed by atoms with E-state index >= 15 is 0 Å². The van der Waals surface area contributed by atoms with Crippen molar-refractivity contribution >= 4 is 10.1 Å². The van der Waals surface area contributed by atoms with Crippen molar-refractivity contribution in [2.75, 3.05) is 5.75 Å². The summed E-state index contributed by atoms with van der Waals surface area (Å²) in [6, 6.07) is 0. The minimum Gasteiger partial charge on any atom is -0.393 e. The van der Waals surface area contributed by atoms with E-state index in [2.05, 4.69) is 6.92 Å². The Morgan fingerprint density at radius 1 is 0.552 bits per heavy atom. The van der Waals surface area contributed by atoms with Crippen LogP contribution in [0, 0.1) is 0 Å². The van der Waals surface area contributed by atoms with Crippen LogP contribution in [0.3, 0.4) is 0 Å². The Morgan fingerprint density at radius 2 is 0.862 bits per heavy atom. The molecule has 29 heavy (non-hydrogen) atoms. The molecule has 0 spiro atoms. The van der Waals surface area contributed by atoms with Crippen molar-refractivity contribution < 1.29 is 18.1 Å². The topological polar surface area (TPSA) is 74.6 Å². The van der Waals surface area contributed by atoms with Crippen LogP contribution in [-0.4, -0.2) is 29.9 Å². The number of aliphatic hydroxyl groups excluding tert-OH is 1. The second-order valence-corrected chi connectivity index (χ2v) is 10.5. The van der Waals surface area contributed by atoms with E-state index in [1.807, 2.05) is 0 Å². The highest BCUT2D eigenvalue weighted by Gasteiger charge is 2.04. The lowest BCUT2D eigenvalue weighted by Gasteiger charge is -2.09. The fourth-order valence-electron chi connectivity index (χ4n) is 3.91. The molecule has 1 unspecified atom stereocenters. The van der Waals surface area contributed by atoms with Crippen LogP contribution in [0.2, 0.25) is 0 Å². The Morgan fingerprint density at radius 3 is 1.21 bits per heavy atom. The summed E-state index contributed by atoms with van der Waals surface area (Å²) in [6.07, 6.45) is 25.1. The summed E-state index contributed by atoms with van der Waals surface area (Å²) >= 11 is 0. The molecule has 176 valence electrons. The third-order valence-electron chi connectivity index (χ3n) is 5.83. The van der Waals surface area contributed by atoms with Crippen LogP contribution >= 0.6 is 0 Å². The van der Waals surface area contributed by atoms with E-state index in [4.69, 9.17) is 4.55 Å². The largest absolute Gasteiger partial charge is 0.393 e. The molecule has 5 heteroatoms. The van der Waals surface area contributed by atoms with Gasteiger partial charge in [-0.25, -0.2) is 0 Å². The quantitative estimate of drug-likeness (QED) is 0.129. The minimum absolute atomic E-state index is 0.0633. The first-order chi connectivity index (χ1) is 14.0. The zero-order valence-corrected chi connectivity index (χ0v) is 20.1. The van der Waals surface area contributed by atoms with Gasteiger partial charge in [-0.3, -0.25) is 4.55 Å². The first-order valence-electron chi connectivity index (χ1n) is 12.6. The van der Waals surface area contributed by atoms with Crippen LogP contribution in [0.15, 0.2) is 0 Å². The van der Waals surface area contributed by atoms with E-state index in [0.717, 1.165) is 25.7 Å². The molecular weight excluding hydrogens is 384 g/mol. The van der Waals surface area contributed by atoms with E-state index in [1.165, 1.54) is 103 Å². The summed E-state index contributed by atoms with van der Waals surface area (Å²) in [7, 11) is -3.76. The van der Waals surface area contributed by atoms with Gasteiger partial charge in [0, 0.05) is 0 Å². The van der Waals surface area contributed by atoms with E-state index in [1.54, 1.807) is 0 Å². The average Bonchev–Trinajstić information content (AvgIpc) is 2.66. The molecule has 0 aromatic carbocycles. The Kier molecular flexibility index (Phi) is 21.0. The highest BCUT2D eigenvalue weighted by atomic mass is 32.2. The standard InChI is InChI=1S/C24H50O4S/c1-2-3-18-21-24(25)22-19-16-14-12-10-8-6-4-5-7-9-11-13-15-17-20-23-29(26,27)28/h24-25H,2-23H2,1H3,(H,26,27,28).